The molecule has 0 radical (unpaired) electrons. The molecule has 1 unspecified atom stereocenters. The highest BCUT2D eigenvalue weighted by Crippen LogP contribution is 2.39. The van der Waals surface area contributed by atoms with Crippen molar-refractivity contribution in [3.8, 4) is 0 Å². The minimum Gasteiger partial charge on any atom is -0.314 e. The normalized spacial score (nSPS) is 27.6. The van der Waals surface area contributed by atoms with Crippen LogP contribution in [0.2, 0.25) is 0 Å². The summed E-state index contributed by atoms with van der Waals surface area (Å²) in [7, 11) is 4.47. The van der Waals surface area contributed by atoms with E-state index in [-0.39, 0.29) is 0 Å². The molecule has 3 heteroatoms. The van der Waals surface area contributed by atoms with E-state index in [2.05, 4.69) is 43.1 Å². The van der Waals surface area contributed by atoms with Gasteiger partial charge in [0, 0.05) is 31.7 Å². The lowest BCUT2D eigenvalue weighted by Crippen LogP contribution is -2.50. The standard InChI is InChI=1S/C17H35N3/c1-15(2)18-13-17(9-5-6-10-17)14-20-11-7-8-16(12-20)19(3)4/h15-16,18H,5-14H2,1-4H3. The SMILES string of the molecule is CC(C)NCC1(CN2CCCC(N(C)C)C2)CCCC1. The van der Waals surface area contributed by atoms with Crippen LogP contribution in [-0.2, 0) is 0 Å². The van der Waals surface area contributed by atoms with Crippen molar-refractivity contribution < 1.29 is 0 Å². The quantitative estimate of drug-likeness (QED) is 0.807. The molecule has 118 valence electrons. The molecule has 20 heavy (non-hydrogen) atoms. The summed E-state index contributed by atoms with van der Waals surface area (Å²) in [4.78, 5) is 5.17. The van der Waals surface area contributed by atoms with Gasteiger partial charge in [0.1, 0.15) is 0 Å². The fourth-order valence-corrected chi connectivity index (χ4v) is 4.01. The predicted molar refractivity (Wildman–Crippen MR) is 87.2 cm³/mol. The van der Waals surface area contributed by atoms with Gasteiger partial charge in [0.2, 0.25) is 0 Å². The summed E-state index contributed by atoms with van der Waals surface area (Å²) >= 11 is 0. The van der Waals surface area contributed by atoms with Crippen molar-refractivity contribution in [2.45, 2.75) is 64.5 Å². The van der Waals surface area contributed by atoms with Gasteiger partial charge in [0.05, 0.1) is 0 Å². The zero-order chi connectivity index (χ0) is 14.6. The van der Waals surface area contributed by atoms with Crippen LogP contribution >= 0.6 is 0 Å². The van der Waals surface area contributed by atoms with Crippen LogP contribution in [0.15, 0.2) is 0 Å². The van der Waals surface area contributed by atoms with Crippen LogP contribution in [0.3, 0.4) is 0 Å². The van der Waals surface area contributed by atoms with Crippen molar-refractivity contribution in [3.63, 3.8) is 0 Å². The van der Waals surface area contributed by atoms with Crippen LogP contribution in [0.4, 0.5) is 0 Å². The average Bonchev–Trinajstić information content (AvgIpc) is 2.86. The van der Waals surface area contributed by atoms with Gasteiger partial charge in [-0.2, -0.15) is 0 Å². The third-order valence-electron chi connectivity index (χ3n) is 5.32. The first-order valence-electron chi connectivity index (χ1n) is 8.63. The first-order valence-corrected chi connectivity index (χ1v) is 8.63. The predicted octanol–water partition coefficient (Wildman–Crippen LogP) is 2.57. The number of nitrogens with one attached hydrogen (secondary N) is 1. The van der Waals surface area contributed by atoms with E-state index in [1.165, 1.54) is 64.7 Å². The monoisotopic (exact) mass is 281 g/mol. The molecule has 1 N–H and O–H groups in total. The third kappa shape index (κ3) is 4.44. The van der Waals surface area contributed by atoms with Gasteiger partial charge in [-0.3, -0.25) is 0 Å². The molecule has 2 rings (SSSR count). The Labute approximate surface area is 126 Å². The van der Waals surface area contributed by atoms with Crippen molar-refractivity contribution in [3.05, 3.63) is 0 Å². The van der Waals surface area contributed by atoms with Crippen molar-refractivity contribution in [2.75, 3.05) is 40.3 Å². The van der Waals surface area contributed by atoms with Crippen LogP contribution in [0.25, 0.3) is 0 Å². The Kier molecular flexibility index (Phi) is 5.88. The Balaban J connectivity index is 1.90. The summed E-state index contributed by atoms with van der Waals surface area (Å²) < 4.78 is 0. The molecule has 0 amide bonds. The molecule has 0 aromatic heterocycles. The Bertz CT molecular complexity index is 282. The van der Waals surface area contributed by atoms with E-state index in [1.54, 1.807) is 0 Å². The number of likely N-dealkylation sites (N-methyl/N-ethyl adjacent to an activating group) is 1. The molecule has 0 bridgehead atoms. The van der Waals surface area contributed by atoms with Gasteiger partial charge < -0.3 is 15.1 Å². The van der Waals surface area contributed by atoms with E-state index in [0.29, 0.717) is 11.5 Å². The first-order chi connectivity index (χ1) is 9.51. The Hall–Kier alpha value is -0.120. The molecule has 1 saturated heterocycles. The van der Waals surface area contributed by atoms with Crippen molar-refractivity contribution >= 4 is 0 Å². The van der Waals surface area contributed by atoms with E-state index in [1.807, 2.05) is 0 Å². The summed E-state index contributed by atoms with van der Waals surface area (Å²) in [6.45, 7) is 9.66. The maximum atomic E-state index is 3.71. The van der Waals surface area contributed by atoms with Crippen molar-refractivity contribution in [2.24, 2.45) is 5.41 Å². The summed E-state index contributed by atoms with van der Waals surface area (Å²) in [6, 6.07) is 1.38. The number of nitrogens with zero attached hydrogens (tertiary/aromatic N) is 2. The maximum Gasteiger partial charge on any atom is 0.0217 e. The topological polar surface area (TPSA) is 18.5 Å². The lowest BCUT2D eigenvalue weighted by atomic mass is 9.84. The van der Waals surface area contributed by atoms with E-state index in [4.69, 9.17) is 0 Å². The minimum atomic E-state index is 0.554. The molecule has 1 aliphatic carbocycles. The molecule has 1 heterocycles. The lowest BCUT2D eigenvalue weighted by molar-refractivity contribution is 0.0838. The number of piperidine rings is 1. The lowest BCUT2D eigenvalue weighted by Gasteiger charge is -2.41. The molecule has 1 atom stereocenters. The molecule has 1 aliphatic heterocycles. The molecule has 1 saturated carbocycles. The van der Waals surface area contributed by atoms with Crippen LogP contribution in [-0.4, -0.2) is 62.2 Å². The van der Waals surface area contributed by atoms with Crippen molar-refractivity contribution in [1.82, 2.24) is 15.1 Å². The molecule has 0 spiro atoms. The zero-order valence-corrected chi connectivity index (χ0v) is 14.1. The summed E-state index contributed by atoms with van der Waals surface area (Å²) in [5.74, 6) is 0. The van der Waals surface area contributed by atoms with Crippen LogP contribution < -0.4 is 5.32 Å². The van der Waals surface area contributed by atoms with Gasteiger partial charge in [0.25, 0.3) is 0 Å². The second-order valence-corrected chi connectivity index (χ2v) is 7.74. The van der Waals surface area contributed by atoms with Crippen molar-refractivity contribution in [1.29, 1.82) is 0 Å². The van der Waals surface area contributed by atoms with Gasteiger partial charge in [-0.05, 0) is 51.7 Å². The summed E-state index contributed by atoms with van der Waals surface area (Å²) in [5, 5.41) is 3.71. The van der Waals surface area contributed by atoms with Gasteiger partial charge >= 0.3 is 0 Å². The highest BCUT2D eigenvalue weighted by atomic mass is 15.2. The fraction of sp³-hybridized carbons (Fsp3) is 1.00. The molecule has 3 nitrogen and oxygen atoms in total. The van der Waals surface area contributed by atoms with Crippen LogP contribution in [0.1, 0.15) is 52.4 Å². The fourth-order valence-electron chi connectivity index (χ4n) is 4.01. The number of likely N-dealkylation sites (tertiary alicyclic amines) is 1. The average molecular weight is 281 g/mol. The highest BCUT2D eigenvalue weighted by molar-refractivity contribution is 4.91. The second kappa shape index (κ2) is 7.24. The zero-order valence-electron chi connectivity index (χ0n) is 14.1. The molecular formula is C17H35N3. The molecule has 0 aromatic rings. The number of rotatable bonds is 6. The van der Waals surface area contributed by atoms with Gasteiger partial charge in [-0.1, -0.05) is 26.7 Å². The maximum absolute atomic E-state index is 3.71. The highest BCUT2D eigenvalue weighted by Gasteiger charge is 2.36. The van der Waals surface area contributed by atoms with Crippen LogP contribution in [0, 0.1) is 5.41 Å². The van der Waals surface area contributed by atoms with E-state index in [9.17, 15) is 0 Å². The molecule has 0 aromatic carbocycles. The Morgan fingerprint density at radius 2 is 1.90 bits per heavy atom. The smallest absolute Gasteiger partial charge is 0.0217 e. The summed E-state index contributed by atoms with van der Waals surface area (Å²) in [5.41, 5.74) is 0.554. The Morgan fingerprint density at radius 3 is 2.50 bits per heavy atom. The first kappa shape index (κ1) is 16.3. The minimum absolute atomic E-state index is 0.554. The van der Waals surface area contributed by atoms with Crippen LogP contribution in [0.5, 0.6) is 0 Å². The largest absolute Gasteiger partial charge is 0.314 e. The third-order valence-corrected chi connectivity index (χ3v) is 5.32. The molecular weight excluding hydrogens is 246 g/mol. The second-order valence-electron chi connectivity index (χ2n) is 7.74. The number of hydrogen-bond acceptors (Lipinski definition) is 3. The number of hydrogen-bond donors (Lipinski definition) is 1. The summed E-state index contributed by atoms with van der Waals surface area (Å²) in [6.07, 6.45) is 8.47. The Morgan fingerprint density at radius 1 is 1.20 bits per heavy atom. The van der Waals surface area contributed by atoms with E-state index in [0.717, 1.165) is 6.04 Å². The van der Waals surface area contributed by atoms with Gasteiger partial charge in [-0.15, -0.1) is 0 Å². The van der Waals surface area contributed by atoms with Gasteiger partial charge in [-0.25, -0.2) is 0 Å². The van der Waals surface area contributed by atoms with Gasteiger partial charge in [0.15, 0.2) is 0 Å². The van der Waals surface area contributed by atoms with E-state index < -0.39 is 0 Å². The molecule has 2 fully saturated rings. The molecule has 2 aliphatic rings. The van der Waals surface area contributed by atoms with E-state index >= 15 is 0 Å².